The van der Waals surface area contributed by atoms with Gasteiger partial charge in [-0.05, 0) is 0 Å². The Hall–Kier alpha value is -1.80. The third kappa shape index (κ3) is 3.52. The van der Waals surface area contributed by atoms with E-state index in [2.05, 4.69) is 0 Å². The van der Waals surface area contributed by atoms with Gasteiger partial charge in [0, 0.05) is 0 Å². The Morgan fingerprint density at radius 3 is 1.33 bits per heavy atom. The van der Waals surface area contributed by atoms with Crippen LogP contribution < -0.4 is 15.9 Å². The molecule has 4 nitrogen and oxygen atoms in total. The molecule has 3 rings (SSSR count). The maximum absolute atomic E-state index is 12.4. The monoisotopic (exact) mass is 402 g/mol. The molecule has 6 heteroatoms. The molecule has 0 unspecified atom stereocenters. The Bertz CT molecular complexity index is 825. The van der Waals surface area contributed by atoms with Crippen LogP contribution in [0.5, 0.6) is 0 Å². The van der Waals surface area contributed by atoms with Gasteiger partial charge in [-0.1, -0.05) is 0 Å². The van der Waals surface area contributed by atoms with Crippen molar-refractivity contribution in [1.82, 2.24) is 0 Å². The SMILES string of the molecule is CCCP(OP(=O)(O)O)(c1ccccc1)(c1ccccc1)c1ccccc1. The summed E-state index contributed by atoms with van der Waals surface area (Å²) in [6.07, 6.45) is 1.20. The third-order valence-corrected chi connectivity index (χ3v) is 12.6. The van der Waals surface area contributed by atoms with Crippen molar-refractivity contribution in [3.63, 3.8) is 0 Å². The molecule has 0 aliphatic heterocycles. The fourth-order valence-corrected chi connectivity index (χ4v) is 12.2. The van der Waals surface area contributed by atoms with Gasteiger partial charge >= 0.3 is 160 Å². The van der Waals surface area contributed by atoms with E-state index in [0.29, 0.717) is 12.6 Å². The van der Waals surface area contributed by atoms with Gasteiger partial charge in [-0.25, -0.2) is 0 Å². The van der Waals surface area contributed by atoms with Crippen molar-refractivity contribution < 1.29 is 18.7 Å². The first-order valence-electron chi connectivity index (χ1n) is 8.87. The van der Waals surface area contributed by atoms with Gasteiger partial charge in [-0.2, -0.15) is 0 Å². The quantitative estimate of drug-likeness (QED) is 0.588. The van der Waals surface area contributed by atoms with E-state index in [9.17, 15) is 14.4 Å². The minimum absolute atomic E-state index is 0.495. The van der Waals surface area contributed by atoms with Gasteiger partial charge in [0.05, 0.1) is 0 Å². The number of hydrogen-bond acceptors (Lipinski definition) is 2. The van der Waals surface area contributed by atoms with Gasteiger partial charge < -0.3 is 0 Å². The topological polar surface area (TPSA) is 66.8 Å². The molecular weight excluding hydrogens is 378 g/mol. The average Bonchev–Trinajstić information content (AvgIpc) is 2.69. The van der Waals surface area contributed by atoms with E-state index in [1.54, 1.807) is 0 Å². The van der Waals surface area contributed by atoms with Crippen molar-refractivity contribution in [1.29, 1.82) is 0 Å². The van der Waals surface area contributed by atoms with Gasteiger partial charge in [0.2, 0.25) is 0 Å². The summed E-state index contributed by atoms with van der Waals surface area (Å²) in [7, 11) is -4.82. The maximum atomic E-state index is 12.4. The van der Waals surface area contributed by atoms with E-state index < -0.39 is 14.7 Å². The number of phosphoric acid groups is 1. The molecule has 0 bridgehead atoms. The van der Waals surface area contributed by atoms with Crippen molar-refractivity contribution >= 4 is 30.6 Å². The van der Waals surface area contributed by atoms with Crippen molar-refractivity contribution in [3.05, 3.63) is 91.0 Å². The molecule has 0 spiro atoms. The van der Waals surface area contributed by atoms with Gasteiger partial charge in [0.1, 0.15) is 0 Å². The van der Waals surface area contributed by atoms with Crippen LogP contribution in [0.25, 0.3) is 0 Å². The fraction of sp³-hybridized carbons (Fsp3) is 0.143. The van der Waals surface area contributed by atoms with Gasteiger partial charge in [-0.15, -0.1) is 0 Å². The van der Waals surface area contributed by atoms with E-state index >= 15 is 0 Å². The van der Waals surface area contributed by atoms with Gasteiger partial charge in [0.15, 0.2) is 0 Å². The molecule has 142 valence electrons. The molecule has 2 N–H and O–H groups in total. The van der Waals surface area contributed by atoms with E-state index in [0.717, 1.165) is 15.9 Å². The van der Waals surface area contributed by atoms with E-state index in [1.807, 2.05) is 97.9 Å². The summed E-state index contributed by atoms with van der Waals surface area (Å²) in [5.74, 6) is 0. The molecule has 0 fully saturated rings. The molecule has 0 aliphatic rings. The summed E-state index contributed by atoms with van der Waals surface area (Å²) in [5.41, 5.74) is 0. The van der Waals surface area contributed by atoms with Crippen LogP contribution in [0.2, 0.25) is 0 Å². The Morgan fingerprint density at radius 1 is 0.741 bits per heavy atom. The minimum atomic E-state index is -4.82. The van der Waals surface area contributed by atoms with Crippen molar-refractivity contribution in [2.24, 2.45) is 0 Å². The van der Waals surface area contributed by atoms with Crippen LogP contribution in [0.1, 0.15) is 13.3 Å². The van der Waals surface area contributed by atoms with Crippen LogP contribution in [0.3, 0.4) is 0 Å². The van der Waals surface area contributed by atoms with Crippen LogP contribution in [0, 0.1) is 0 Å². The zero-order valence-corrected chi connectivity index (χ0v) is 17.0. The first-order chi connectivity index (χ1) is 12.9. The van der Waals surface area contributed by atoms with E-state index in [-0.39, 0.29) is 0 Å². The summed E-state index contributed by atoms with van der Waals surface area (Å²) >= 11 is 0. The normalized spacial score (nSPS) is 13.7. The molecule has 3 aromatic rings. The molecule has 0 heterocycles. The summed E-state index contributed by atoms with van der Waals surface area (Å²) in [6.45, 7) is -1.88. The predicted molar refractivity (Wildman–Crippen MR) is 113 cm³/mol. The zero-order chi connectivity index (χ0) is 19.4. The average molecular weight is 402 g/mol. The molecule has 0 saturated carbocycles. The first kappa shape index (κ1) is 19.9. The molecule has 0 atom stereocenters. The predicted octanol–water partition coefficient (Wildman–Crippen LogP) is 3.95. The summed E-state index contributed by atoms with van der Waals surface area (Å²) in [4.78, 5) is 20.1. The third-order valence-electron chi connectivity index (χ3n) is 4.84. The number of benzene rings is 3. The van der Waals surface area contributed by atoms with Crippen LogP contribution in [-0.4, -0.2) is 15.9 Å². The molecule has 0 aromatic heterocycles. The number of rotatable bonds is 7. The second kappa shape index (κ2) is 7.67. The van der Waals surface area contributed by atoms with Gasteiger partial charge in [-0.3, -0.25) is 0 Å². The van der Waals surface area contributed by atoms with Crippen molar-refractivity contribution in [2.45, 2.75) is 13.3 Å². The zero-order valence-electron chi connectivity index (χ0n) is 15.2. The molecule has 0 saturated heterocycles. The Kier molecular flexibility index (Phi) is 5.67. The Labute approximate surface area is 160 Å². The van der Waals surface area contributed by atoms with Crippen molar-refractivity contribution in [3.8, 4) is 0 Å². The molecular formula is C21H24O4P2. The second-order valence-corrected chi connectivity index (χ2v) is 12.6. The van der Waals surface area contributed by atoms with Gasteiger partial charge in [0.25, 0.3) is 0 Å². The van der Waals surface area contributed by atoms with Crippen LogP contribution in [0.4, 0.5) is 0 Å². The van der Waals surface area contributed by atoms with Crippen LogP contribution >= 0.6 is 14.7 Å². The summed E-state index contributed by atoms with van der Waals surface area (Å²) in [6, 6.07) is 28.6. The standard InChI is InChI=1S/C21H24O4P2/c1-2-18-27(25-26(22,23)24,19-12-6-3-7-13-19,20-14-8-4-9-15-20)21-16-10-5-11-17-21/h3-17H,2,18H2,1H3,(H2,22,23,24). The Morgan fingerprint density at radius 2 is 1.07 bits per heavy atom. The first-order valence-corrected chi connectivity index (χ1v) is 12.7. The molecule has 0 amide bonds. The van der Waals surface area contributed by atoms with Crippen molar-refractivity contribution in [2.75, 3.05) is 6.16 Å². The van der Waals surface area contributed by atoms with Crippen LogP contribution in [-0.2, 0) is 8.88 Å². The molecule has 27 heavy (non-hydrogen) atoms. The Balaban J connectivity index is 2.54. The summed E-state index contributed by atoms with van der Waals surface area (Å²) in [5, 5.41) is 2.43. The second-order valence-electron chi connectivity index (χ2n) is 6.52. The number of hydrogen-bond donors (Lipinski definition) is 2. The molecule has 0 radical (unpaired) electrons. The van der Waals surface area contributed by atoms with E-state index in [4.69, 9.17) is 4.31 Å². The fourth-order valence-electron chi connectivity index (χ4n) is 3.91. The summed E-state index contributed by atoms with van der Waals surface area (Å²) < 4.78 is 18.4. The molecule has 3 aromatic carbocycles. The molecule has 0 aliphatic carbocycles. The van der Waals surface area contributed by atoms with Crippen LogP contribution in [0.15, 0.2) is 91.0 Å². The van der Waals surface area contributed by atoms with E-state index in [1.165, 1.54) is 0 Å².